The molecule has 90 valence electrons. The van der Waals surface area contributed by atoms with E-state index in [-0.39, 0.29) is 0 Å². The van der Waals surface area contributed by atoms with Crippen molar-refractivity contribution in [1.29, 1.82) is 5.26 Å². The monoisotopic (exact) mass is 304 g/mol. The summed E-state index contributed by atoms with van der Waals surface area (Å²) in [5.74, 6) is -0.430. The number of benzene rings is 2. The molecule has 0 saturated heterocycles. The lowest BCUT2D eigenvalue weighted by atomic mass is 10.2. The summed E-state index contributed by atoms with van der Waals surface area (Å²) in [4.78, 5) is 0. The van der Waals surface area contributed by atoms with Gasteiger partial charge < -0.3 is 5.32 Å². The Morgan fingerprint density at radius 3 is 2.78 bits per heavy atom. The Balaban J connectivity index is 2.37. The number of rotatable bonds is 2. The van der Waals surface area contributed by atoms with Gasteiger partial charge in [-0.2, -0.15) is 5.26 Å². The first-order chi connectivity index (χ1) is 8.60. The maximum atomic E-state index is 13.3. The molecule has 0 atom stereocenters. The van der Waals surface area contributed by atoms with Gasteiger partial charge in [0, 0.05) is 10.2 Å². The third-order valence-corrected chi connectivity index (χ3v) is 3.55. The second kappa shape index (κ2) is 5.19. The summed E-state index contributed by atoms with van der Waals surface area (Å²) in [5.41, 5.74) is 2.76. The van der Waals surface area contributed by atoms with Crippen LogP contribution in [0.2, 0.25) is 0 Å². The molecule has 0 aromatic heterocycles. The van der Waals surface area contributed by atoms with Gasteiger partial charge in [0.05, 0.1) is 17.3 Å². The molecule has 0 radical (unpaired) electrons. The fourth-order valence-electron chi connectivity index (χ4n) is 1.63. The van der Waals surface area contributed by atoms with E-state index < -0.39 is 5.82 Å². The highest BCUT2D eigenvalue weighted by Gasteiger charge is 2.05. The summed E-state index contributed by atoms with van der Waals surface area (Å²) in [6, 6.07) is 11.9. The molecular weight excluding hydrogens is 295 g/mol. The quantitative estimate of drug-likeness (QED) is 0.886. The number of nitriles is 1. The molecule has 0 aliphatic carbocycles. The molecule has 0 heterocycles. The lowest BCUT2D eigenvalue weighted by molar-refractivity contribution is 0.628. The molecule has 2 aromatic rings. The van der Waals surface area contributed by atoms with Crippen molar-refractivity contribution in [3.8, 4) is 6.07 Å². The van der Waals surface area contributed by atoms with E-state index in [1.165, 1.54) is 12.1 Å². The lowest BCUT2D eigenvalue weighted by Crippen LogP contribution is -1.94. The predicted molar refractivity (Wildman–Crippen MR) is 73.3 cm³/mol. The van der Waals surface area contributed by atoms with E-state index >= 15 is 0 Å². The van der Waals surface area contributed by atoms with E-state index in [0.29, 0.717) is 11.3 Å². The summed E-state index contributed by atoms with van der Waals surface area (Å²) in [5, 5.41) is 11.9. The van der Waals surface area contributed by atoms with Gasteiger partial charge in [-0.1, -0.05) is 12.1 Å². The molecular formula is C14H10BrFN2. The molecule has 0 amide bonds. The highest BCUT2D eigenvalue weighted by molar-refractivity contribution is 9.10. The summed E-state index contributed by atoms with van der Waals surface area (Å²) in [6.07, 6.45) is 0. The van der Waals surface area contributed by atoms with E-state index in [1.807, 2.05) is 31.2 Å². The van der Waals surface area contributed by atoms with Gasteiger partial charge in [0.15, 0.2) is 0 Å². The van der Waals surface area contributed by atoms with Crippen LogP contribution < -0.4 is 5.32 Å². The summed E-state index contributed by atoms with van der Waals surface area (Å²) in [7, 11) is 0. The first kappa shape index (κ1) is 12.6. The minimum Gasteiger partial charge on any atom is -0.354 e. The average molecular weight is 305 g/mol. The standard InChI is InChI=1S/C14H10BrFN2/c1-9-3-2-4-13(14(9)15)18-12-6-10(8-17)5-11(16)7-12/h2-7,18H,1H3. The summed E-state index contributed by atoms with van der Waals surface area (Å²) in [6.45, 7) is 1.97. The average Bonchev–Trinajstić information content (AvgIpc) is 2.34. The van der Waals surface area contributed by atoms with Crippen molar-refractivity contribution in [3.05, 3.63) is 57.8 Å². The molecule has 0 bridgehead atoms. The molecule has 2 aromatic carbocycles. The van der Waals surface area contributed by atoms with Crippen LogP contribution in [-0.2, 0) is 0 Å². The van der Waals surface area contributed by atoms with Crippen LogP contribution in [0.25, 0.3) is 0 Å². The molecule has 1 N–H and O–H groups in total. The van der Waals surface area contributed by atoms with Gasteiger partial charge in [-0.3, -0.25) is 0 Å². The molecule has 0 aliphatic heterocycles. The van der Waals surface area contributed by atoms with Crippen LogP contribution in [0.1, 0.15) is 11.1 Å². The van der Waals surface area contributed by atoms with Crippen LogP contribution in [0, 0.1) is 24.1 Å². The molecule has 18 heavy (non-hydrogen) atoms. The number of nitrogens with zero attached hydrogens (tertiary/aromatic N) is 1. The predicted octanol–water partition coefficient (Wildman–Crippen LogP) is 4.51. The van der Waals surface area contributed by atoms with Gasteiger partial charge in [-0.15, -0.1) is 0 Å². The van der Waals surface area contributed by atoms with Crippen molar-refractivity contribution in [3.63, 3.8) is 0 Å². The first-order valence-electron chi connectivity index (χ1n) is 5.33. The zero-order chi connectivity index (χ0) is 13.1. The normalized spacial score (nSPS) is 9.89. The Kier molecular flexibility index (Phi) is 3.63. The third-order valence-electron chi connectivity index (χ3n) is 2.50. The zero-order valence-electron chi connectivity index (χ0n) is 9.67. The minimum atomic E-state index is -0.430. The number of halogens is 2. The van der Waals surface area contributed by atoms with Crippen LogP contribution >= 0.6 is 15.9 Å². The van der Waals surface area contributed by atoms with Crippen molar-refractivity contribution in [2.45, 2.75) is 6.92 Å². The zero-order valence-corrected chi connectivity index (χ0v) is 11.3. The van der Waals surface area contributed by atoms with E-state index in [0.717, 1.165) is 15.7 Å². The Morgan fingerprint density at radius 1 is 1.28 bits per heavy atom. The lowest BCUT2D eigenvalue weighted by Gasteiger charge is -2.10. The molecule has 0 unspecified atom stereocenters. The minimum absolute atomic E-state index is 0.293. The number of hydrogen-bond donors (Lipinski definition) is 1. The van der Waals surface area contributed by atoms with Crippen LogP contribution in [0.15, 0.2) is 40.9 Å². The number of aryl methyl sites for hydroxylation is 1. The number of nitrogens with one attached hydrogen (secondary N) is 1. The fraction of sp³-hybridized carbons (Fsp3) is 0.0714. The van der Waals surface area contributed by atoms with Crippen LogP contribution in [0.5, 0.6) is 0 Å². The molecule has 0 fully saturated rings. The van der Waals surface area contributed by atoms with Crippen molar-refractivity contribution in [2.75, 3.05) is 5.32 Å². The van der Waals surface area contributed by atoms with Gasteiger partial charge in [0.1, 0.15) is 5.82 Å². The van der Waals surface area contributed by atoms with Gasteiger partial charge in [0.2, 0.25) is 0 Å². The summed E-state index contributed by atoms with van der Waals surface area (Å²) >= 11 is 3.47. The molecule has 2 rings (SSSR count). The van der Waals surface area contributed by atoms with Crippen LogP contribution in [0.4, 0.5) is 15.8 Å². The fourth-order valence-corrected chi connectivity index (χ4v) is 1.99. The molecule has 0 saturated carbocycles. The molecule has 0 spiro atoms. The van der Waals surface area contributed by atoms with Crippen molar-refractivity contribution >= 4 is 27.3 Å². The smallest absolute Gasteiger partial charge is 0.126 e. The maximum Gasteiger partial charge on any atom is 0.126 e. The highest BCUT2D eigenvalue weighted by Crippen LogP contribution is 2.29. The topological polar surface area (TPSA) is 35.8 Å². The Morgan fingerprint density at radius 2 is 2.06 bits per heavy atom. The van der Waals surface area contributed by atoms with E-state index in [4.69, 9.17) is 5.26 Å². The van der Waals surface area contributed by atoms with Gasteiger partial charge in [0.25, 0.3) is 0 Å². The highest BCUT2D eigenvalue weighted by atomic mass is 79.9. The van der Waals surface area contributed by atoms with Gasteiger partial charge in [-0.25, -0.2) is 4.39 Å². The third kappa shape index (κ3) is 2.69. The van der Waals surface area contributed by atoms with Crippen LogP contribution in [0.3, 0.4) is 0 Å². The van der Waals surface area contributed by atoms with Crippen molar-refractivity contribution < 1.29 is 4.39 Å². The van der Waals surface area contributed by atoms with Crippen LogP contribution in [-0.4, -0.2) is 0 Å². The largest absolute Gasteiger partial charge is 0.354 e. The Bertz CT molecular complexity index is 632. The van der Waals surface area contributed by atoms with E-state index in [2.05, 4.69) is 21.2 Å². The molecule has 0 aliphatic rings. The van der Waals surface area contributed by atoms with Gasteiger partial charge in [-0.05, 0) is 52.7 Å². The van der Waals surface area contributed by atoms with Crippen molar-refractivity contribution in [2.24, 2.45) is 0 Å². The Hall–Kier alpha value is -1.86. The first-order valence-corrected chi connectivity index (χ1v) is 6.12. The SMILES string of the molecule is Cc1cccc(Nc2cc(F)cc(C#N)c2)c1Br. The second-order valence-corrected chi connectivity index (χ2v) is 4.69. The van der Waals surface area contributed by atoms with E-state index in [1.54, 1.807) is 6.07 Å². The van der Waals surface area contributed by atoms with Crippen molar-refractivity contribution in [1.82, 2.24) is 0 Å². The Labute approximate surface area is 113 Å². The maximum absolute atomic E-state index is 13.3. The number of anilines is 2. The second-order valence-electron chi connectivity index (χ2n) is 3.90. The van der Waals surface area contributed by atoms with Gasteiger partial charge >= 0.3 is 0 Å². The summed E-state index contributed by atoms with van der Waals surface area (Å²) < 4.78 is 14.2. The number of hydrogen-bond acceptors (Lipinski definition) is 2. The van der Waals surface area contributed by atoms with E-state index in [9.17, 15) is 4.39 Å². The molecule has 4 heteroatoms. The molecule has 2 nitrogen and oxygen atoms in total.